The van der Waals surface area contributed by atoms with Crippen LogP contribution in [0.2, 0.25) is 0 Å². The van der Waals surface area contributed by atoms with Crippen molar-refractivity contribution in [2.75, 3.05) is 26.2 Å². The average Bonchev–Trinajstić information content (AvgIpc) is 3.39. The highest BCUT2D eigenvalue weighted by atomic mass is 16.5. The molecule has 0 unspecified atom stereocenters. The van der Waals surface area contributed by atoms with Crippen LogP contribution in [0.25, 0.3) is 0 Å². The van der Waals surface area contributed by atoms with E-state index in [0.717, 1.165) is 49.6 Å². The minimum Gasteiger partial charge on any atom is -0.489 e. The van der Waals surface area contributed by atoms with Crippen LogP contribution in [-0.4, -0.2) is 54.0 Å². The second-order valence-electron chi connectivity index (χ2n) is 7.52. The van der Waals surface area contributed by atoms with Crippen molar-refractivity contribution in [2.24, 2.45) is 0 Å². The SMILES string of the molecule is N#C[C@@H]1CCCN1C(=O)CN1CC[C@H](Oc2ccc(Oc3ccccc3)cc2)C1. The second kappa shape index (κ2) is 8.97. The Kier molecular flexibility index (Phi) is 5.97. The highest BCUT2D eigenvalue weighted by molar-refractivity contribution is 5.79. The molecule has 2 atom stereocenters. The molecule has 0 N–H and O–H groups in total. The lowest BCUT2D eigenvalue weighted by Gasteiger charge is -2.23. The Morgan fingerprint density at radius 2 is 1.72 bits per heavy atom. The molecule has 2 aromatic rings. The van der Waals surface area contributed by atoms with Crippen molar-refractivity contribution in [3.63, 3.8) is 0 Å². The molecule has 0 saturated carbocycles. The predicted molar refractivity (Wildman–Crippen MR) is 109 cm³/mol. The maximum Gasteiger partial charge on any atom is 0.237 e. The topological polar surface area (TPSA) is 65.8 Å². The van der Waals surface area contributed by atoms with E-state index in [1.165, 1.54) is 0 Å². The lowest BCUT2D eigenvalue weighted by atomic mass is 10.2. The fourth-order valence-electron chi connectivity index (χ4n) is 3.92. The molecule has 0 aromatic heterocycles. The number of rotatable bonds is 6. The van der Waals surface area contributed by atoms with Gasteiger partial charge in [0.2, 0.25) is 5.91 Å². The summed E-state index contributed by atoms with van der Waals surface area (Å²) in [5, 5.41) is 9.17. The normalized spacial score (nSPS) is 21.7. The fourth-order valence-corrected chi connectivity index (χ4v) is 3.92. The van der Waals surface area contributed by atoms with Crippen molar-refractivity contribution in [3.05, 3.63) is 54.6 Å². The van der Waals surface area contributed by atoms with E-state index in [1.807, 2.05) is 54.6 Å². The number of benzene rings is 2. The number of nitrogens with zero attached hydrogens (tertiary/aromatic N) is 3. The van der Waals surface area contributed by atoms with E-state index >= 15 is 0 Å². The summed E-state index contributed by atoms with van der Waals surface area (Å²) in [7, 11) is 0. The molecule has 2 aliphatic rings. The number of carbonyl (C=O) groups is 1. The average molecular weight is 391 g/mol. The summed E-state index contributed by atoms with van der Waals surface area (Å²) in [6.45, 7) is 2.61. The molecule has 0 aliphatic carbocycles. The predicted octanol–water partition coefficient (Wildman–Crippen LogP) is 3.45. The largest absolute Gasteiger partial charge is 0.489 e. The highest BCUT2D eigenvalue weighted by Gasteiger charge is 2.32. The summed E-state index contributed by atoms with van der Waals surface area (Å²) < 4.78 is 11.9. The third kappa shape index (κ3) is 4.87. The van der Waals surface area contributed by atoms with Gasteiger partial charge in [-0.2, -0.15) is 5.26 Å². The maximum absolute atomic E-state index is 12.5. The van der Waals surface area contributed by atoms with Gasteiger partial charge in [0, 0.05) is 19.6 Å². The third-order valence-electron chi connectivity index (χ3n) is 5.42. The molecule has 4 rings (SSSR count). The van der Waals surface area contributed by atoms with Crippen molar-refractivity contribution in [3.8, 4) is 23.3 Å². The number of amides is 1. The van der Waals surface area contributed by atoms with E-state index in [9.17, 15) is 4.79 Å². The molecular weight excluding hydrogens is 366 g/mol. The molecule has 29 heavy (non-hydrogen) atoms. The Morgan fingerprint density at radius 3 is 2.48 bits per heavy atom. The first-order valence-corrected chi connectivity index (χ1v) is 10.1. The summed E-state index contributed by atoms with van der Waals surface area (Å²) in [6, 6.07) is 19.3. The van der Waals surface area contributed by atoms with E-state index in [0.29, 0.717) is 13.1 Å². The molecule has 6 heteroatoms. The van der Waals surface area contributed by atoms with Gasteiger partial charge in [0.25, 0.3) is 0 Å². The van der Waals surface area contributed by atoms with Crippen LogP contribution in [0.1, 0.15) is 19.3 Å². The molecule has 2 heterocycles. The van der Waals surface area contributed by atoms with Crippen LogP contribution in [0, 0.1) is 11.3 Å². The minimum atomic E-state index is -0.256. The lowest BCUT2D eigenvalue weighted by Crippen LogP contribution is -2.42. The summed E-state index contributed by atoms with van der Waals surface area (Å²) in [6.07, 6.45) is 2.66. The lowest BCUT2D eigenvalue weighted by molar-refractivity contribution is -0.132. The molecule has 0 spiro atoms. The Balaban J connectivity index is 1.26. The van der Waals surface area contributed by atoms with Crippen LogP contribution < -0.4 is 9.47 Å². The van der Waals surface area contributed by atoms with Crippen molar-refractivity contribution in [1.29, 1.82) is 5.26 Å². The summed E-state index contributed by atoms with van der Waals surface area (Å²) >= 11 is 0. The molecule has 150 valence electrons. The second-order valence-corrected chi connectivity index (χ2v) is 7.52. The summed E-state index contributed by atoms with van der Waals surface area (Å²) in [5.74, 6) is 2.42. The number of likely N-dealkylation sites (tertiary alicyclic amines) is 2. The molecule has 2 saturated heterocycles. The third-order valence-corrected chi connectivity index (χ3v) is 5.42. The maximum atomic E-state index is 12.5. The van der Waals surface area contributed by atoms with Gasteiger partial charge in [-0.25, -0.2) is 0 Å². The van der Waals surface area contributed by atoms with Crippen LogP contribution in [0.15, 0.2) is 54.6 Å². The zero-order valence-corrected chi connectivity index (χ0v) is 16.4. The Labute approximate surface area is 171 Å². The van der Waals surface area contributed by atoms with Crippen LogP contribution in [0.4, 0.5) is 0 Å². The molecule has 6 nitrogen and oxygen atoms in total. The first-order valence-electron chi connectivity index (χ1n) is 10.1. The quantitative estimate of drug-likeness (QED) is 0.755. The van der Waals surface area contributed by atoms with Gasteiger partial charge in [-0.15, -0.1) is 0 Å². The summed E-state index contributed by atoms with van der Waals surface area (Å²) in [5.41, 5.74) is 0. The number of hydrogen-bond acceptors (Lipinski definition) is 5. The van der Waals surface area contributed by atoms with E-state index in [-0.39, 0.29) is 18.1 Å². The van der Waals surface area contributed by atoms with Gasteiger partial charge in [0.05, 0.1) is 12.6 Å². The molecule has 2 aromatic carbocycles. The first-order chi connectivity index (χ1) is 14.2. The number of para-hydroxylation sites is 1. The van der Waals surface area contributed by atoms with Gasteiger partial charge in [-0.05, 0) is 55.7 Å². The van der Waals surface area contributed by atoms with Gasteiger partial charge in [0.15, 0.2) is 0 Å². The molecule has 2 aliphatic heterocycles. The van der Waals surface area contributed by atoms with Gasteiger partial charge in [-0.3, -0.25) is 9.69 Å². The van der Waals surface area contributed by atoms with E-state index in [4.69, 9.17) is 14.7 Å². The van der Waals surface area contributed by atoms with Crippen LogP contribution in [0.3, 0.4) is 0 Å². The van der Waals surface area contributed by atoms with Gasteiger partial charge < -0.3 is 14.4 Å². The van der Waals surface area contributed by atoms with Crippen LogP contribution >= 0.6 is 0 Å². The zero-order chi connectivity index (χ0) is 20.1. The standard InChI is InChI=1S/C23H25N3O3/c24-15-18-5-4-13-26(18)23(27)17-25-14-12-22(16-25)29-21-10-8-20(9-11-21)28-19-6-2-1-3-7-19/h1-3,6-11,18,22H,4-5,12-14,16-17H2/t18-,22-/m0/s1. The number of nitriles is 1. The zero-order valence-electron chi connectivity index (χ0n) is 16.4. The molecule has 2 fully saturated rings. The first kappa shape index (κ1) is 19.3. The number of carbonyl (C=O) groups excluding carboxylic acids is 1. The van der Waals surface area contributed by atoms with Gasteiger partial charge >= 0.3 is 0 Å². The number of ether oxygens (including phenoxy) is 2. The molecule has 1 amide bonds. The van der Waals surface area contributed by atoms with Crippen LogP contribution in [-0.2, 0) is 4.79 Å². The van der Waals surface area contributed by atoms with Crippen molar-refractivity contribution in [2.45, 2.75) is 31.4 Å². The number of hydrogen-bond donors (Lipinski definition) is 0. The van der Waals surface area contributed by atoms with E-state index in [2.05, 4.69) is 11.0 Å². The Bertz CT molecular complexity index is 863. The Hall–Kier alpha value is -3.04. The Morgan fingerprint density at radius 1 is 1.00 bits per heavy atom. The van der Waals surface area contributed by atoms with Crippen molar-refractivity contribution >= 4 is 5.91 Å². The highest BCUT2D eigenvalue weighted by Crippen LogP contribution is 2.25. The van der Waals surface area contributed by atoms with Crippen molar-refractivity contribution in [1.82, 2.24) is 9.80 Å². The van der Waals surface area contributed by atoms with Crippen LogP contribution in [0.5, 0.6) is 17.2 Å². The minimum absolute atomic E-state index is 0.0529. The monoisotopic (exact) mass is 391 g/mol. The molecule has 0 bridgehead atoms. The fraction of sp³-hybridized carbons (Fsp3) is 0.391. The van der Waals surface area contributed by atoms with Crippen molar-refractivity contribution < 1.29 is 14.3 Å². The smallest absolute Gasteiger partial charge is 0.237 e. The van der Waals surface area contributed by atoms with E-state index < -0.39 is 0 Å². The van der Waals surface area contributed by atoms with Gasteiger partial charge in [-0.1, -0.05) is 18.2 Å². The van der Waals surface area contributed by atoms with Gasteiger partial charge in [0.1, 0.15) is 29.4 Å². The van der Waals surface area contributed by atoms with E-state index in [1.54, 1.807) is 4.90 Å². The molecule has 0 radical (unpaired) electrons. The summed E-state index contributed by atoms with van der Waals surface area (Å²) in [4.78, 5) is 16.3. The molecular formula is C23H25N3O3.